The Morgan fingerprint density at radius 3 is 2.88 bits per heavy atom. The van der Waals surface area contributed by atoms with Crippen molar-refractivity contribution in [3.05, 3.63) is 33.8 Å². The molecular weight excluding hydrogens is 284 g/mol. The average molecular weight is 299 g/mol. The van der Waals surface area contributed by atoms with E-state index < -0.39 is 0 Å². The van der Waals surface area contributed by atoms with Gasteiger partial charge in [0.1, 0.15) is 0 Å². The first-order valence-corrected chi connectivity index (χ1v) is 7.26. The van der Waals surface area contributed by atoms with E-state index in [0.717, 1.165) is 34.2 Å². The van der Waals surface area contributed by atoms with Crippen molar-refractivity contribution in [2.45, 2.75) is 31.4 Å². The molecule has 1 aromatic rings. The summed E-state index contributed by atoms with van der Waals surface area (Å²) < 4.78 is 0.741. The summed E-state index contributed by atoms with van der Waals surface area (Å²) in [6, 6.07) is 5.89. The van der Waals surface area contributed by atoms with Crippen LogP contribution in [0.4, 0.5) is 0 Å². The molecule has 0 aromatic heterocycles. The van der Waals surface area contributed by atoms with E-state index in [1.807, 2.05) is 25.1 Å². The van der Waals surface area contributed by atoms with Gasteiger partial charge in [0.05, 0.1) is 4.75 Å². The topological polar surface area (TPSA) is 17.1 Å². The lowest BCUT2D eigenvalue weighted by molar-refractivity contribution is 0.0948. The van der Waals surface area contributed by atoms with Crippen LogP contribution in [-0.4, -0.2) is 16.3 Å². The van der Waals surface area contributed by atoms with Crippen molar-refractivity contribution < 1.29 is 4.79 Å². The Morgan fingerprint density at radius 1 is 1.50 bits per heavy atom. The van der Waals surface area contributed by atoms with Gasteiger partial charge in [0.25, 0.3) is 0 Å². The molecule has 2 rings (SSSR count). The number of thioether (sulfide) groups is 1. The van der Waals surface area contributed by atoms with Crippen LogP contribution < -0.4 is 0 Å². The zero-order chi connectivity index (χ0) is 11.8. The van der Waals surface area contributed by atoms with Crippen LogP contribution in [0.5, 0.6) is 0 Å². The Labute approximate surface area is 109 Å². The highest BCUT2D eigenvalue weighted by molar-refractivity contribution is 9.10. The van der Waals surface area contributed by atoms with Crippen LogP contribution in [0, 0.1) is 6.92 Å². The van der Waals surface area contributed by atoms with Gasteiger partial charge in [-0.1, -0.05) is 18.2 Å². The van der Waals surface area contributed by atoms with E-state index in [4.69, 9.17) is 0 Å². The van der Waals surface area contributed by atoms with Gasteiger partial charge in [0.2, 0.25) is 0 Å². The summed E-state index contributed by atoms with van der Waals surface area (Å²) in [5, 5.41) is 0. The minimum Gasteiger partial charge on any atom is -0.293 e. The maximum Gasteiger partial charge on any atom is 0.179 e. The molecule has 1 fully saturated rings. The SMILES string of the molecule is Cc1cccc(C(=O)C2(C)CCCS2)c1Br. The molecule has 0 bridgehead atoms. The van der Waals surface area contributed by atoms with Gasteiger partial charge in [-0.2, -0.15) is 0 Å². The standard InChI is InChI=1S/C13H15BrOS/c1-9-5-3-6-10(11(9)14)12(15)13(2)7-4-8-16-13/h3,5-6H,4,7-8H2,1-2H3. The van der Waals surface area contributed by atoms with Gasteiger partial charge < -0.3 is 0 Å². The van der Waals surface area contributed by atoms with Crippen molar-refractivity contribution in [1.29, 1.82) is 0 Å². The number of ketones is 1. The van der Waals surface area contributed by atoms with Crippen molar-refractivity contribution in [2.75, 3.05) is 5.75 Å². The Hall–Kier alpha value is -0.280. The first-order chi connectivity index (χ1) is 7.54. The number of hydrogen-bond donors (Lipinski definition) is 0. The monoisotopic (exact) mass is 298 g/mol. The molecule has 1 unspecified atom stereocenters. The third kappa shape index (κ3) is 2.07. The van der Waals surface area contributed by atoms with Crippen LogP contribution in [0.3, 0.4) is 0 Å². The van der Waals surface area contributed by atoms with Crippen LogP contribution in [0.2, 0.25) is 0 Å². The highest BCUT2D eigenvalue weighted by Gasteiger charge is 2.38. The minimum absolute atomic E-state index is 0.212. The molecule has 86 valence electrons. The second-order valence-electron chi connectivity index (χ2n) is 4.45. The minimum atomic E-state index is -0.212. The maximum absolute atomic E-state index is 12.5. The molecule has 0 radical (unpaired) electrons. The van der Waals surface area contributed by atoms with E-state index in [2.05, 4.69) is 22.9 Å². The third-order valence-electron chi connectivity index (χ3n) is 3.14. The van der Waals surface area contributed by atoms with Crippen LogP contribution in [0.15, 0.2) is 22.7 Å². The van der Waals surface area contributed by atoms with E-state index in [-0.39, 0.29) is 10.5 Å². The van der Waals surface area contributed by atoms with Crippen molar-refractivity contribution in [3.63, 3.8) is 0 Å². The number of hydrogen-bond acceptors (Lipinski definition) is 2. The average Bonchev–Trinajstić information content (AvgIpc) is 2.70. The molecule has 16 heavy (non-hydrogen) atoms. The maximum atomic E-state index is 12.5. The van der Waals surface area contributed by atoms with Crippen LogP contribution in [0.1, 0.15) is 35.7 Å². The second kappa shape index (κ2) is 4.53. The summed E-state index contributed by atoms with van der Waals surface area (Å²) in [6.45, 7) is 4.09. The van der Waals surface area contributed by atoms with Gasteiger partial charge in [0.15, 0.2) is 5.78 Å². The number of benzene rings is 1. The molecule has 0 aliphatic carbocycles. The predicted octanol–water partition coefficient (Wildman–Crippen LogP) is 4.23. The number of Topliss-reactive ketones (excluding diaryl/α,β-unsaturated/α-hetero) is 1. The van der Waals surface area contributed by atoms with Crippen LogP contribution in [-0.2, 0) is 0 Å². The number of carbonyl (C=O) groups excluding carboxylic acids is 1. The van der Waals surface area contributed by atoms with Gasteiger partial charge >= 0.3 is 0 Å². The van der Waals surface area contributed by atoms with E-state index in [1.165, 1.54) is 0 Å². The Bertz CT molecular complexity index is 422. The van der Waals surface area contributed by atoms with E-state index >= 15 is 0 Å². The molecule has 1 atom stereocenters. The van der Waals surface area contributed by atoms with E-state index in [9.17, 15) is 4.79 Å². The lowest BCUT2D eigenvalue weighted by Crippen LogP contribution is -2.29. The first kappa shape index (κ1) is 12.2. The summed E-state index contributed by atoms with van der Waals surface area (Å²) in [4.78, 5) is 12.5. The summed E-state index contributed by atoms with van der Waals surface area (Å²) in [5.74, 6) is 1.37. The molecule has 0 N–H and O–H groups in total. The Kier molecular flexibility index (Phi) is 3.45. The molecule has 0 spiro atoms. The largest absolute Gasteiger partial charge is 0.293 e. The highest BCUT2D eigenvalue weighted by Crippen LogP contribution is 2.41. The zero-order valence-corrected chi connectivity index (χ0v) is 12.0. The van der Waals surface area contributed by atoms with Crippen molar-refractivity contribution in [2.24, 2.45) is 0 Å². The molecule has 3 heteroatoms. The van der Waals surface area contributed by atoms with Gasteiger partial charge in [-0.05, 0) is 53.9 Å². The predicted molar refractivity (Wildman–Crippen MR) is 73.3 cm³/mol. The third-order valence-corrected chi connectivity index (χ3v) is 5.71. The van der Waals surface area contributed by atoms with Gasteiger partial charge in [-0.25, -0.2) is 0 Å². The van der Waals surface area contributed by atoms with Crippen molar-refractivity contribution >= 4 is 33.5 Å². The number of halogens is 1. The van der Waals surface area contributed by atoms with Gasteiger partial charge in [0, 0.05) is 10.0 Å². The van der Waals surface area contributed by atoms with Crippen LogP contribution >= 0.6 is 27.7 Å². The quantitative estimate of drug-likeness (QED) is 0.760. The lowest BCUT2D eigenvalue weighted by Gasteiger charge is -2.21. The Balaban J connectivity index is 2.37. The Morgan fingerprint density at radius 2 is 2.25 bits per heavy atom. The number of aryl methyl sites for hydroxylation is 1. The summed E-state index contributed by atoms with van der Waals surface area (Å²) in [6.07, 6.45) is 2.15. The van der Waals surface area contributed by atoms with Gasteiger partial charge in [-0.15, -0.1) is 11.8 Å². The molecule has 1 aliphatic rings. The molecule has 1 saturated heterocycles. The van der Waals surface area contributed by atoms with E-state index in [0.29, 0.717) is 0 Å². The fourth-order valence-electron chi connectivity index (χ4n) is 2.07. The lowest BCUT2D eigenvalue weighted by atomic mass is 9.94. The fourth-order valence-corrected chi connectivity index (χ4v) is 3.78. The van der Waals surface area contributed by atoms with Crippen molar-refractivity contribution in [3.8, 4) is 0 Å². The summed E-state index contributed by atoms with van der Waals surface area (Å²) in [5.41, 5.74) is 1.95. The number of rotatable bonds is 2. The van der Waals surface area contributed by atoms with E-state index in [1.54, 1.807) is 11.8 Å². The van der Waals surface area contributed by atoms with Crippen molar-refractivity contribution in [1.82, 2.24) is 0 Å². The second-order valence-corrected chi connectivity index (χ2v) is 6.84. The smallest absolute Gasteiger partial charge is 0.179 e. The summed E-state index contributed by atoms with van der Waals surface area (Å²) >= 11 is 5.31. The van der Waals surface area contributed by atoms with Crippen LogP contribution in [0.25, 0.3) is 0 Å². The normalized spacial score (nSPS) is 24.7. The number of carbonyl (C=O) groups is 1. The first-order valence-electron chi connectivity index (χ1n) is 5.48. The summed E-state index contributed by atoms with van der Waals surface area (Å²) in [7, 11) is 0. The molecule has 1 aliphatic heterocycles. The molecule has 0 amide bonds. The molecular formula is C13H15BrOS. The molecule has 1 nitrogen and oxygen atoms in total. The molecule has 1 heterocycles. The fraction of sp³-hybridized carbons (Fsp3) is 0.462. The molecule has 1 aromatic carbocycles. The zero-order valence-electron chi connectivity index (χ0n) is 9.55. The molecule has 0 saturated carbocycles. The highest BCUT2D eigenvalue weighted by atomic mass is 79.9. The van der Waals surface area contributed by atoms with Gasteiger partial charge in [-0.3, -0.25) is 4.79 Å².